The third-order valence-corrected chi connectivity index (χ3v) is 4.14. The minimum absolute atomic E-state index is 0.241. The molecule has 2 atom stereocenters. The zero-order chi connectivity index (χ0) is 20.0. The monoisotopic (exact) mass is 408 g/mol. The number of carbonyl (C=O) groups is 3. The summed E-state index contributed by atoms with van der Waals surface area (Å²) in [6.07, 6.45) is -1.06. The number of rotatable bonds is 6. The molecule has 0 bridgehead atoms. The molecule has 6 nitrogen and oxygen atoms in total. The van der Waals surface area contributed by atoms with Gasteiger partial charge in [-0.1, -0.05) is 41.4 Å². The van der Waals surface area contributed by atoms with Crippen LogP contribution in [0, 0.1) is 0 Å². The molecule has 0 aliphatic rings. The number of halogens is 2. The highest BCUT2D eigenvalue weighted by molar-refractivity contribution is 6.33. The van der Waals surface area contributed by atoms with Crippen molar-refractivity contribution < 1.29 is 19.1 Å². The Morgan fingerprint density at radius 3 is 2.37 bits per heavy atom. The molecular weight excluding hydrogens is 391 g/mol. The summed E-state index contributed by atoms with van der Waals surface area (Å²) in [4.78, 5) is 36.5. The Morgan fingerprint density at radius 2 is 1.70 bits per heavy atom. The maximum Gasteiger partial charge on any atom is 0.329 e. The SMILES string of the molecule is C[C@H](NC(=O)c1ccccc1Cl)C(=O)O[C@@H](C)C(=O)Nc1cccc(Cl)c1. The van der Waals surface area contributed by atoms with Crippen LogP contribution in [0.4, 0.5) is 5.69 Å². The zero-order valence-electron chi connectivity index (χ0n) is 14.7. The summed E-state index contributed by atoms with van der Waals surface area (Å²) in [5.41, 5.74) is 0.723. The molecule has 2 aromatic rings. The van der Waals surface area contributed by atoms with Crippen LogP contribution in [0.3, 0.4) is 0 Å². The number of esters is 1. The average molecular weight is 409 g/mol. The normalized spacial score (nSPS) is 12.6. The highest BCUT2D eigenvalue weighted by Gasteiger charge is 2.24. The molecule has 142 valence electrons. The van der Waals surface area contributed by atoms with Gasteiger partial charge in [0.1, 0.15) is 6.04 Å². The number of amides is 2. The molecule has 0 radical (unpaired) electrons. The van der Waals surface area contributed by atoms with Crippen LogP contribution in [0.1, 0.15) is 24.2 Å². The Balaban J connectivity index is 1.90. The Kier molecular flexibility index (Phi) is 7.21. The summed E-state index contributed by atoms with van der Waals surface area (Å²) in [6, 6.07) is 12.1. The molecule has 27 heavy (non-hydrogen) atoms. The van der Waals surface area contributed by atoms with Crippen molar-refractivity contribution in [1.82, 2.24) is 5.32 Å². The van der Waals surface area contributed by atoms with Gasteiger partial charge in [-0.3, -0.25) is 9.59 Å². The van der Waals surface area contributed by atoms with E-state index in [1.54, 1.807) is 42.5 Å². The molecule has 8 heteroatoms. The maximum absolute atomic E-state index is 12.2. The Labute approximate surface area is 166 Å². The predicted octanol–water partition coefficient (Wildman–Crippen LogP) is 3.68. The number of hydrogen-bond donors (Lipinski definition) is 2. The van der Waals surface area contributed by atoms with Crippen molar-refractivity contribution in [3.8, 4) is 0 Å². The van der Waals surface area contributed by atoms with Gasteiger partial charge in [0, 0.05) is 10.7 Å². The molecule has 2 N–H and O–H groups in total. The van der Waals surface area contributed by atoms with Crippen LogP contribution >= 0.6 is 23.2 Å². The second-order valence-electron chi connectivity index (χ2n) is 5.75. The van der Waals surface area contributed by atoms with Crippen molar-refractivity contribution in [3.05, 3.63) is 64.1 Å². The van der Waals surface area contributed by atoms with Gasteiger partial charge in [-0.2, -0.15) is 0 Å². The lowest BCUT2D eigenvalue weighted by Gasteiger charge is -2.18. The van der Waals surface area contributed by atoms with Gasteiger partial charge in [-0.25, -0.2) is 4.79 Å². The summed E-state index contributed by atoms with van der Waals surface area (Å²) in [5, 5.41) is 5.82. The number of benzene rings is 2. The smallest absolute Gasteiger partial charge is 0.329 e. The van der Waals surface area contributed by atoms with Crippen LogP contribution in [-0.4, -0.2) is 29.9 Å². The van der Waals surface area contributed by atoms with Gasteiger partial charge < -0.3 is 15.4 Å². The number of hydrogen-bond acceptors (Lipinski definition) is 4. The minimum Gasteiger partial charge on any atom is -0.451 e. The van der Waals surface area contributed by atoms with Gasteiger partial charge in [0.15, 0.2) is 6.10 Å². The number of ether oxygens (including phenoxy) is 1. The first-order valence-corrected chi connectivity index (χ1v) is 8.86. The lowest BCUT2D eigenvalue weighted by atomic mass is 10.2. The molecule has 0 saturated carbocycles. The van der Waals surface area contributed by atoms with Crippen LogP contribution in [-0.2, 0) is 14.3 Å². The van der Waals surface area contributed by atoms with Crippen molar-refractivity contribution in [2.24, 2.45) is 0 Å². The first kappa shape index (κ1) is 20.7. The van der Waals surface area contributed by atoms with Crippen LogP contribution in [0.2, 0.25) is 10.0 Å². The second kappa shape index (κ2) is 9.39. The van der Waals surface area contributed by atoms with E-state index in [0.29, 0.717) is 10.7 Å². The molecule has 0 fully saturated rings. The largest absolute Gasteiger partial charge is 0.451 e. The molecule has 2 aromatic carbocycles. The fourth-order valence-corrected chi connectivity index (χ4v) is 2.53. The Bertz CT molecular complexity index is 857. The minimum atomic E-state index is -1.06. The van der Waals surface area contributed by atoms with Crippen LogP contribution < -0.4 is 10.6 Å². The highest BCUT2D eigenvalue weighted by atomic mass is 35.5. The van der Waals surface area contributed by atoms with E-state index in [4.69, 9.17) is 27.9 Å². The standard InChI is InChI=1S/C19H18Cl2N2O4/c1-11(22-18(25)15-8-3-4-9-16(15)21)19(26)27-12(2)17(24)23-14-7-5-6-13(20)10-14/h3-12H,1-2H3,(H,22,25)(H,23,24)/t11-,12-/m0/s1. The topological polar surface area (TPSA) is 84.5 Å². The van der Waals surface area contributed by atoms with Crippen molar-refractivity contribution in [3.63, 3.8) is 0 Å². The average Bonchev–Trinajstić information content (AvgIpc) is 2.61. The van der Waals surface area contributed by atoms with Gasteiger partial charge in [0.25, 0.3) is 11.8 Å². The molecule has 0 aromatic heterocycles. The van der Waals surface area contributed by atoms with E-state index in [0.717, 1.165) is 0 Å². The van der Waals surface area contributed by atoms with E-state index in [9.17, 15) is 14.4 Å². The van der Waals surface area contributed by atoms with E-state index in [-0.39, 0.29) is 10.6 Å². The second-order valence-corrected chi connectivity index (χ2v) is 6.60. The predicted molar refractivity (Wildman–Crippen MR) is 104 cm³/mol. The van der Waals surface area contributed by atoms with Gasteiger partial charge in [0.05, 0.1) is 10.6 Å². The Hall–Kier alpha value is -2.57. The Morgan fingerprint density at radius 1 is 1.00 bits per heavy atom. The van der Waals surface area contributed by atoms with Crippen molar-refractivity contribution in [2.75, 3.05) is 5.32 Å². The molecule has 2 amide bonds. The summed E-state index contributed by atoms with van der Waals surface area (Å²) >= 11 is 11.8. The van der Waals surface area contributed by atoms with Crippen molar-refractivity contribution in [1.29, 1.82) is 0 Å². The maximum atomic E-state index is 12.2. The zero-order valence-corrected chi connectivity index (χ0v) is 16.2. The first-order valence-electron chi connectivity index (χ1n) is 8.10. The molecule has 2 rings (SSSR count). The van der Waals surface area contributed by atoms with E-state index in [2.05, 4.69) is 10.6 Å². The first-order chi connectivity index (χ1) is 12.8. The third-order valence-electron chi connectivity index (χ3n) is 3.57. The molecule has 0 unspecified atom stereocenters. The number of anilines is 1. The van der Waals surface area contributed by atoms with Gasteiger partial charge in [-0.15, -0.1) is 0 Å². The molecule has 0 saturated heterocycles. The van der Waals surface area contributed by atoms with Crippen LogP contribution in [0.25, 0.3) is 0 Å². The molecule has 0 heterocycles. The van der Waals surface area contributed by atoms with Gasteiger partial charge in [-0.05, 0) is 44.2 Å². The molecule has 0 aliphatic heterocycles. The molecular formula is C19H18Cl2N2O4. The number of nitrogens with one attached hydrogen (secondary N) is 2. The van der Waals surface area contributed by atoms with Gasteiger partial charge in [0.2, 0.25) is 0 Å². The summed E-state index contributed by atoms with van der Waals surface area (Å²) in [6.45, 7) is 2.89. The fourth-order valence-electron chi connectivity index (χ4n) is 2.12. The van der Waals surface area contributed by atoms with Gasteiger partial charge >= 0.3 is 5.97 Å². The lowest BCUT2D eigenvalue weighted by Crippen LogP contribution is -2.42. The van der Waals surface area contributed by atoms with Crippen molar-refractivity contribution in [2.45, 2.75) is 26.0 Å². The highest BCUT2D eigenvalue weighted by Crippen LogP contribution is 2.16. The quantitative estimate of drug-likeness (QED) is 0.713. The van der Waals surface area contributed by atoms with Crippen molar-refractivity contribution >= 4 is 46.7 Å². The third kappa shape index (κ3) is 5.98. The van der Waals surface area contributed by atoms with E-state index in [1.807, 2.05) is 0 Å². The fraction of sp³-hybridized carbons (Fsp3) is 0.211. The van der Waals surface area contributed by atoms with Crippen LogP contribution in [0.15, 0.2) is 48.5 Å². The summed E-state index contributed by atoms with van der Waals surface area (Å²) in [7, 11) is 0. The van der Waals surface area contributed by atoms with Crippen LogP contribution in [0.5, 0.6) is 0 Å². The summed E-state index contributed by atoms with van der Waals surface area (Å²) in [5.74, 6) is -1.78. The van der Waals surface area contributed by atoms with E-state index in [1.165, 1.54) is 19.9 Å². The number of carbonyl (C=O) groups excluding carboxylic acids is 3. The molecule has 0 aliphatic carbocycles. The summed E-state index contributed by atoms with van der Waals surface area (Å²) < 4.78 is 5.11. The molecule has 0 spiro atoms. The van der Waals surface area contributed by atoms with E-state index < -0.39 is 29.9 Å². The lowest BCUT2D eigenvalue weighted by molar-refractivity contribution is -0.154. The van der Waals surface area contributed by atoms with E-state index >= 15 is 0 Å².